The van der Waals surface area contributed by atoms with Crippen LogP contribution in [0.3, 0.4) is 0 Å². The molecule has 3 aliphatic heterocycles. The van der Waals surface area contributed by atoms with Crippen molar-refractivity contribution in [1.29, 1.82) is 0 Å². The van der Waals surface area contributed by atoms with Crippen LogP contribution in [0.5, 0.6) is 0 Å². The summed E-state index contributed by atoms with van der Waals surface area (Å²) < 4.78 is 0. The molecule has 120 valence electrons. The Morgan fingerprint density at radius 2 is 2.27 bits per heavy atom. The molecule has 2 bridgehead atoms. The predicted molar refractivity (Wildman–Crippen MR) is 75.9 cm³/mol. The van der Waals surface area contributed by atoms with Crippen molar-refractivity contribution in [2.24, 2.45) is 0 Å². The molecule has 3 heterocycles. The van der Waals surface area contributed by atoms with E-state index in [0.717, 1.165) is 12.0 Å². The van der Waals surface area contributed by atoms with Gasteiger partial charge in [0, 0.05) is 19.0 Å². The third-order valence-electron chi connectivity index (χ3n) is 4.46. The molecule has 0 aromatic carbocycles. The average molecular weight is 308 g/mol. The molecule has 8 nitrogen and oxygen atoms in total. The smallest absolute Gasteiger partial charge is 0.345 e. The van der Waals surface area contributed by atoms with Gasteiger partial charge in [-0.15, -0.1) is 0 Å². The zero-order valence-electron chi connectivity index (χ0n) is 12.4. The Morgan fingerprint density at radius 3 is 2.95 bits per heavy atom. The molecule has 2 fully saturated rings. The number of fused-ring (bicyclic) bond motifs is 2. The van der Waals surface area contributed by atoms with Crippen LogP contribution >= 0.6 is 0 Å². The van der Waals surface area contributed by atoms with E-state index < -0.39 is 12.1 Å². The molecule has 4 amide bonds. The first-order valence-corrected chi connectivity index (χ1v) is 7.51. The minimum absolute atomic E-state index is 0.0547. The van der Waals surface area contributed by atoms with Crippen LogP contribution in [0.1, 0.15) is 26.2 Å². The van der Waals surface area contributed by atoms with Crippen molar-refractivity contribution in [2.75, 3.05) is 13.1 Å². The maximum atomic E-state index is 12.4. The molecule has 3 atom stereocenters. The molecule has 3 rings (SSSR count). The van der Waals surface area contributed by atoms with E-state index in [1.54, 1.807) is 13.0 Å². The standard InChI is InChI=1S/C14H20N4O4/c1-8-6-10-7-17(14(21)18(10)22)12(8)13(20)15-5-4-9-2-3-11(19)16-9/h6,9-10,12,22H,2-5,7H2,1H3,(H,15,20)(H,16,19)/t9-,10-,12-/m0/s1. The van der Waals surface area contributed by atoms with Crippen molar-refractivity contribution in [3.05, 3.63) is 11.6 Å². The van der Waals surface area contributed by atoms with Crippen LogP contribution in [0.4, 0.5) is 4.79 Å². The zero-order chi connectivity index (χ0) is 15.9. The number of rotatable bonds is 4. The van der Waals surface area contributed by atoms with Gasteiger partial charge in [-0.1, -0.05) is 6.08 Å². The molecule has 0 aromatic heterocycles. The van der Waals surface area contributed by atoms with Crippen molar-refractivity contribution in [3.8, 4) is 0 Å². The average Bonchev–Trinajstić information content (AvgIpc) is 2.98. The number of nitrogens with zero attached hydrogens (tertiary/aromatic N) is 2. The molecule has 0 spiro atoms. The van der Waals surface area contributed by atoms with Gasteiger partial charge < -0.3 is 15.5 Å². The topological polar surface area (TPSA) is 102 Å². The van der Waals surface area contributed by atoms with E-state index in [0.29, 0.717) is 31.0 Å². The minimum atomic E-state index is -0.668. The summed E-state index contributed by atoms with van der Waals surface area (Å²) in [4.78, 5) is 36.8. The van der Waals surface area contributed by atoms with Gasteiger partial charge in [0.15, 0.2) is 0 Å². The van der Waals surface area contributed by atoms with Crippen LogP contribution in [-0.2, 0) is 9.59 Å². The monoisotopic (exact) mass is 308 g/mol. The first-order valence-electron chi connectivity index (χ1n) is 7.51. The van der Waals surface area contributed by atoms with Crippen molar-refractivity contribution in [1.82, 2.24) is 20.6 Å². The molecule has 0 aliphatic carbocycles. The number of carbonyl (C=O) groups excluding carboxylic acids is 3. The van der Waals surface area contributed by atoms with E-state index in [9.17, 15) is 19.6 Å². The Morgan fingerprint density at radius 1 is 1.50 bits per heavy atom. The number of nitrogens with one attached hydrogen (secondary N) is 2. The number of urea groups is 1. The number of hydrogen-bond donors (Lipinski definition) is 3. The molecule has 2 saturated heterocycles. The van der Waals surface area contributed by atoms with Crippen molar-refractivity contribution < 1.29 is 19.6 Å². The lowest BCUT2D eigenvalue weighted by molar-refractivity contribution is -0.124. The lowest BCUT2D eigenvalue weighted by Gasteiger charge is -2.29. The van der Waals surface area contributed by atoms with Crippen molar-refractivity contribution in [2.45, 2.75) is 44.3 Å². The normalized spacial score (nSPS) is 30.5. The highest BCUT2D eigenvalue weighted by Gasteiger charge is 2.46. The summed E-state index contributed by atoms with van der Waals surface area (Å²) in [5, 5.41) is 16.0. The van der Waals surface area contributed by atoms with E-state index in [2.05, 4.69) is 10.6 Å². The quantitative estimate of drug-likeness (QED) is 0.485. The molecule has 0 aromatic rings. The fraction of sp³-hybridized carbons (Fsp3) is 0.643. The molecular weight excluding hydrogens is 288 g/mol. The summed E-state index contributed by atoms with van der Waals surface area (Å²) in [6, 6.07) is -1.47. The number of amides is 4. The molecule has 0 saturated carbocycles. The number of carbonyl (C=O) groups is 3. The predicted octanol–water partition coefficient (Wildman–Crippen LogP) is -0.405. The second-order valence-electron chi connectivity index (χ2n) is 6.04. The second-order valence-corrected chi connectivity index (χ2v) is 6.04. The summed E-state index contributed by atoms with van der Waals surface area (Å²) in [6.45, 7) is 2.55. The van der Waals surface area contributed by atoms with Crippen LogP contribution in [0, 0.1) is 0 Å². The minimum Gasteiger partial charge on any atom is -0.354 e. The van der Waals surface area contributed by atoms with Gasteiger partial charge in [-0.25, -0.2) is 4.79 Å². The lowest BCUT2D eigenvalue weighted by Crippen LogP contribution is -2.50. The maximum Gasteiger partial charge on any atom is 0.345 e. The Kier molecular flexibility index (Phi) is 3.78. The van der Waals surface area contributed by atoms with Gasteiger partial charge in [0.2, 0.25) is 11.8 Å². The molecule has 0 radical (unpaired) electrons. The van der Waals surface area contributed by atoms with Crippen LogP contribution in [-0.4, -0.2) is 64.2 Å². The third-order valence-corrected chi connectivity index (χ3v) is 4.46. The van der Waals surface area contributed by atoms with Crippen molar-refractivity contribution >= 4 is 17.8 Å². The van der Waals surface area contributed by atoms with Gasteiger partial charge in [-0.3, -0.25) is 14.8 Å². The molecule has 0 unspecified atom stereocenters. The summed E-state index contributed by atoms with van der Waals surface area (Å²) >= 11 is 0. The highest BCUT2D eigenvalue weighted by Crippen LogP contribution is 2.27. The second kappa shape index (κ2) is 5.60. The van der Waals surface area contributed by atoms with Crippen LogP contribution in [0.25, 0.3) is 0 Å². The van der Waals surface area contributed by atoms with Gasteiger partial charge in [0.05, 0.1) is 12.6 Å². The zero-order valence-corrected chi connectivity index (χ0v) is 12.4. The number of hydroxylamine groups is 2. The van der Waals surface area contributed by atoms with Crippen molar-refractivity contribution in [3.63, 3.8) is 0 Å². The fourth-order valence-electron chi connectivity index (χ4n) is 3.32. The van der Waals surface area contributed by atoms with Crippen LogP contribution in [0.2, 0.25) is 0 Å². The first-order chi connectivity index (χ1) is 10.5. The lowest BCUT2D eigenvalue weighted by atomic mass is 10.00. The van der Waals surface area contributed by atoms with Crippen LogP contribution in [0.15, 0.2) is 11.6 Å². The van der Waals surface area contributed by atoms with E-state index in [1.807, 2.05) is 0 Å². The van der Waals surface area contributed by atoms with E-state index in [4.69, 9.17) is 0 Å². The SMILES string of the molecule is CC1=C[C@H]2CN(C(=O)N2O)[C@@H]1C(=O)NCC[C@@H]1CCC(=O)N1. The summed E-state index contributed by atoms with van der Waals surface area (Å²) in [5.41, 5.74) is 0.757. The Hall–Kier alpha value is -2.09. The van der Waals surface area contributed by atoms with Gasteiger partial charge in [-0.2, -0.15) is 5.06 Å². The molecule has 3 aliphatic rings. The summed E-state index contributed by atoms with van der Waals surface area (Å²) in [7, 11) is 0. The highest BCUT2D eigenvalue weighted by molar-refractivity contribution is 5.91. The largest absolute Gasteiger partial charge is 0.354 e. The fourth-order valence-corrected chi connectivity index (χ4v) is 3.32. The Bertz CT molecular complexity index is 547. The first kappa shape index (κ1) is 14.8. The van der Waals surface area contributed by atoms with Gasteiger partial charge in [0.1, 0.15) is 6.04 Å². The van der Waals surface area contributed by atoms with Gasteiger partial charge in [0.25, 0.3) is 0 Å². The maximum absolute atomic E-state index is 12.4. The Balaban J connectivity index is 1.56. The molecule has 8 heteroatoms. The van der Waals surface area contributed by atoms with Gasteiger partial charge in [-0.05, 0) is 25.3 Å². The molecule has 3 N–H and O–H groups in total. The van der Waals surface area contributed by atoms with Crippen LogP contribution < -0.4 is 10.6 Å². The summed E-state index contributed by atoms with van der Waals surface area (Å²) in [6.07, 6.45) is 3.76. The number of hydrogen-bond acceptors (Lipinski definition) is 4. The molecule has 22 heavy (non-hydrogen) atoms. The van der Waals surface area contributed by atoms with E-state index >= 15 is 0 Å². The highest BCUT2D eigenvalue weighted by atomic mass is 16.5. The summed E-state index contributed by atoms with van der Waals surface area (Å²) in [5.74, 6) is -0.195. The van der Waals surface area contributed by atoms with E-state index in [-0.39, 0.29) is 23.9 Å². The molecular formula is C14H20N4O4. The van der Waals surface area contributed by atoms with Gasteiger partial charge >= 0.3 is 6.03 Å². The van der Waals surface area contributed by atoms with E-state index in [1.165, 1.54) is 4.90 Å². The Labute approximate surface area is 128 Å². The third kappa shape index (κ3) is 2.54.